The lowest BCUT2D eigenvalue weighted by Gasteiger charge is -2.24. The van der Waals surface area contributed by atoms with Gasteiger partial charge < -0.3 is 18.9 Å². The highest BCUT2D eigenvalue weighted by atomic mass is 31.2. The van der Waals surface area contributed by atoms with Gasteiger partial charge in [0.25, 0.3) is 0 Å². The molecule has 1 N–H and O–H groups in total. The van der Waals surface area contributed by atoms with E-state index in [9.17, 15) is 19.0 Å². The molecule has 0 heterocycles. The first-order valence-electron chi connectivity index (χ1n) is 32.4. The number of rotatable bonds is 60. The topological polar surface area (TPSA) is 108 Å². The van der Waals surface area contributed by atoms with Gasteiger partial charge in [0.2, 0.25) is 0 Å². The Morgan fingerprint density at radius 3 is 1.12 bits per heavy atom. The number of unbranched alkanes of at least 4 members (excludes halogenated alkanes) is 38. The van der Waals surface area contributed by atoms with Crippen molar-refractivity contribution in [3.8, 4) is 0 Å². The molecule has 0 bridgehead atoms. The van der Waals surface area contributed by atoms with E-state index in [1.165, 1.54) is 205 Å². The molecule has 0 amide bonds. The van der Waals surface area contributed by atoms with Gasteiger partial charge in [0.1, 0.15) is 19.8 Å². The summed E-state index contributed by atoms with van der Waals surface area (Å²) in [6, 6.07) is 0. The van der Waals surface area contributed by atoms with E-state index in [1.807, 2.05) is 21.1 Å². The smallest absolute Gasteiger partial charge is 0.462 e. The van der Waals surface area contributed by atoms with Crippen molar-refractivity contribution in [2.24, 2.45) is 0 Å². The molecule has 0 rings (SSSR count). The fourth-order valence-corrected chi connectivity index (χ4v) is 10.2. The summed E-state index contributed by atoms with van der Waals surface area (Å²) < 4.78 is 34.6. The Bertz CT molecular complexity index is 1420. The van der Waals surface area contributed by atoms with E-state index in [-0.39, 0.29) is 32.0 Å². The first-order valence-corrected chi connectivity index (χ1v) is 33.9. The van der Waals surface area contributed by atoms with Crippen LogP contribution in [0.5, 0.6) is 0 Å². The zero-order valence-electron chi connectivity index (χ0n) is 50.8. The predicted molar refractivity (Wildman–Crippen MR) is 326 cm³/mol. The van der Waals surface area contributed by atoms with Gasteiger partial charge >= 0.3 is 19.8 Å². The largest absolute Gasteiger partial charge is 0.472 e. The van der Waals surface area contributed by atoms with Gasteiger partial charge in [-0.1, -0.05) is 294 Å². The number of carbonyl (C=O) groups excluding carboxylic acids is 2. The van der Waals surface area contributed by atoms with Gasteiger partial charge in [0.15, 0.2) is 6.10 Å². The number of nitrogens with zero attached hydrogens (tertiary/aromatic N) is 1. The maximum atomic E-state index is 12.8. The van der Waals surface area contributed by atoms with Crippen LogP contribution in [0.25, 0.3) is 0 Å². The van der Waals surface area contributed by atoms with Crippen LogP contribution in [0, 0.1) is 0 Å². The van der Waals surface area contributed by atoms with Crippen LogP contribution < -0.4 is 0 Å². The van der Waals surface area contributed by atoms with Crippen LogP contribution in [0.15, 0.2) is 48.6 Å². The zero-order chi connectivity index (χ0) is 55.6. The standard InChI is InChI=1S/C66H124NO8P/c1-6-8-10-12-14-16-18-20-22-24-25-26-27-28-29-30-31-32-33-34-35-36-37-38-39-40-41-43-44-46-48-50-52-54-56-58-65(68)72-62-64(63-74-76(70,71)73-61-60-67(3,4)5)75-66(69)59-57-55-53-51-49-47-45-42-23-21-19-17-15-13-11-9-7-2/h9,11,15,17,21,23,45,47,64H,6-8,10,12-14,16,18-20,22,24-44,46,48-63H2,1-5H3/p+1/b11-9-,17-15-,23-21-,47-45-. The number of quaternary nitrogens is 1. The molecule has 2 unspecified atom stereocenters. The van der Waals surface area contributed by atoms with Gasteiger partial charge in [-0.3, -0.25) is 18.6 Å². The van der Waals surface area contributed by atoms with E-state index in [4.69, 9.17) is 18.5 Å². The minimum atomic E-state index is -4.39. The Kier molecular flexibility index (Phi) is 56.1. The van der Waals surface area contributed by atoms with Crippen LogP contribution in [-0.2, 0) is 32.7 Å². The van der Waals surface area contributed by atoms with E-state index in [0.29, 0.717) is 17.4 Å². The summed E-state index contributed by atoms with van der Waals surface area (Å²) >= 11 is 0. The Morgan fingerprint density at radius 1 is 0.421 bits per heavy atom. The molecule has 9 nitrogen and oxygen atoms in total. The Hall–Kier alpha value is -2.03. The lowest BCUT2D eigenvalue weighted by Crippen LogP contribution is -2.37. The summed E-state index contributed by atoms with van der Waals surface area (Å²) in [5.74, 6) is -0.814. The van der Waals surface area contributed by atoms with Gasteiger partial charge in [-0.15, -0.1) is 0 Å². The number of hydrogen-bond acceptors (Lipinski definition) is 7. The molecule has 0 saturated carbocycles. The summed E-state index contributed by atoms with van der Waals surface area (Å²) in [5.41, 5.74) is 0. The van der Waals surface area contributed by atoms with E-state index >= 15 is 0 Å². The van der Waals surface area contributed by atoms with Crippen LogP contribution in [0.1, 0.15) is 309 Å². The molecule has 0 radical (unpaired) electrons. The summed E-state index contributed by atoms with van der Waals surface area (Å²) in [4.78, 5) is 35.7. The molecule has 0 aliphatic rings. The first kappa shape index (κ1) is 74.0. The quantitative estimate of drug-likeness (QED) is 0.0211. The van der Waals surface area contributed by atoms with Crippen molar-refractivity contribution < 1.29 is 42.1 Å². The number of allylic oxidation sites excluding steroid dienone is 8. The summed E-state index contributed by atoms with van der Waals surface area (Å²) in [5, 5.41) is 0. The number of carbonyl (C=O) groups is 2. The molecule has 0 aromatic heterocycles. The molecule has 0 saturated heterocycles. The second kappa shape index (κ2) is 57.6. The zero-order valence-corrected chi connectivity index (χ0v) is 51.6. The van der Waals surface area contributed by atoms with Crippen LogP contribution in [0.3, 0.4) is 0 Å². The maximum Gasteiger partial charge on any atom is 0.472 e. The molecule has 0 fully saturated rings. The minimum Gasteiger partial charge on any atom is -0.462 e. The number of likely N-dealkylation sites (N-methyl/N-ethyl adjacent to an activating group) is 1. The molecular weight excluding hydrogens is 966 g/mol. The number of ether oxygens (including phenoxy) is 2. The summed E-state index contributed by atoms with van der Waals surface area (Å²) in [6.07, 6.45) is 73.7. The number of hydrogen-bond donors (Lipinski definition) is 1. The third kappa shape index (κ3) is 61.2. The highest BCUT2D eigenvalue weighted by Crippen LogP contribution is 2.43. The van der Waals surface area contributed by atoms with Gasteiger partial charge in [-0.2, -0.15) is 0 Å². The molecule has 0 aromatic rings. The van der Waals surface area contributed by atoms with Crippen molar-refractivity contribution in [2.45, 2.75) is 315 Å². The second-order valence-electron chi connectivity index (χ2n) is 23.1. The molecule has 10 heteroatoms. The van der Waals surface area contributed by atoms with E-state index < -0.39 is 26.5 Å². The average molecular weight is 1090 g/mol. The van der Waals surface area contributed by atoms with E-state index in [0.717, 1.165) is 70.6 Å². The van der Waals surface area contributed by atoms with Crippen molar-refractivity contribution in [3.05, 3.63) is 48.6 Å². The van der Waals surface area contributed by atoms with Crippen molar-refractivity contribution in [3.63, 3.8) is 0 Å². The van der Waals surface area contributed by atoms with Crippen LogP contribution in [0.4, 0.5) is 0 Å². The molecule has 0 aliphatic carbocycles. The van der Waals surface area contributed by atoms with E-state index in [1.54, 1.807) is 0 Å². The van der Waals surface area contributed by atoms with Gasteiger partial charge in [-0.25, -0.2) is 4.57 Å². The Morgan fingerprint density at radius 2 is 0.750 bits per heavy atom. The van der Waals surface area contributed by atoms with Crippen molar-refractivity contribution in [1.82, 2.24) is 0 Å². The SMILES string of the molecule is CC/C=C\C/C=C\C/C=C\C/C=C\CCCCCCC(=O)OC(COC(=O)CCCCCCCCCCCCCCCCCCCCCCCCCCCCCCCCCCCCC)COP(=O)(O)OCC[N+](C)(C)C. The minimum absolute atomic E-state index is 0.0266. The fourth-order valence-electron chi connectivity index (χ4n) is 9.42. The molecular formula is C66H125NO8P+. The Labute approximate surface area is 471 Å². The monoisotopic (exact) mass is 1090 g/mol. The van der Waals surface area contributed by atoms with Crippen LogP contribution in [0.2, 0.25) is 0 Å². The van der Waals surface area contributed by atoms with Gasteiger partial charge in [0.05, 0.1) is 27.7 Å². The molecule has 0 aliphatic heterocycles. The molecule has 446 valence electrons. The van der Waals surface area contributed by atoms with Crippen molar-refractivity contribution >= 4 is 19.8 Å². The summed E-state index contributed by atoms with van der Waals surface area (Å²) in [6.45, 7) is 4.33. The first-order chi connectivity index (χ1) is 37.0. The van der Waals surface area contributed by atoms with Crippen LogP contribution in [-0.4, -0.2) is 74.9 Å². The maximum absolute atomic E-state index is 12.8. The highest BCUT2D eigenvalue weighted by molar-refractivity contribution is 7.47. The van der Waals surface area contributed by atoms with Gasteiger partial charge in [-0.05, 0) is 51.4 Å². The molecule has 0 spiro atoms. The van der Waals surface area contributed by atoms with Crippen molar-refractivity contribution in [2.75, 3.05) is 47.5 Å². The fraction of sp³-hybridized carbons (Fsp3) is 0.848. The lowest BCUT2D eigenvalue weighted by molar-refractivity contribution is -0.870. The number of phosphoric acid groups is 1. The van der Waals surface area contributed by atoms with E-state index in [2.05, 4.69) is 62.5 Å². The molecule has 76 heavy (non-hydrogen) atoms. The summed E-state index contributed by atoms with van der Waals surface area (Å²) in [7, 11) is 1.47. The number of esters is 2. The molecule has 0 aromatic carbocycles. The van der Waals surface area contributed by atoms with Crippen molar-refractivity contribution in [1.29, 1.82) is 0 Å². The average Bonchev–Trinajstić information content (AvgIpc) is 3.38. The third-order valence-corrected chi connectivity index (χ3v) is 15.4. The predicted octanol–water partition coefficient (Wildman–Crippen LogP) is 20.5. The highest BCUT2D eigenvalue weighted by Gasteiger charge is 2.27. The normalized spacial score (nSPS) is 13.5. The lowest BCUT2D eigenvalue weighted by atomic mass is 10.0. The Balaban J connectivity index is 3.95. The molecule has 2 atom stereocenters. The second-order valence-corrected chi connectivity index (χ2v) is 24.6. The van der Waals surface area contributed by atoms with Crippen LogP contribution >= 0.6 is 7.82 Å². The third-order valence-electron chi connectivity index (χ3n) is 14.4. The van der Waals surface area contributed by atoms with Gasteiger partial charge in [0, 0.05) is 12.8 Å². The number of phosphoric ester groups is 1.